The molecule has 3 heteroatoms. The molecule has 4 rings (SSSR count). The van der Waals surface area contributed by atoms with Gasteiger partial charge in [-0.05, 0) is 37.0 Å². The molecule has 2 aromatic carbocycles. The van der Waals surface area contributed by atoms with E-state index in [0.29, 0.717) is 6.04 Å². The van der Waals surface area contributed by atoms with Gasteiger partial charge in [-0.25, -0.2) is 0 Å². The summed E-state index contributed by atoms with van der Waals surface area (Å²) in [6.07, 6.45) is 3.77. The van der Waals surface area contributed by atoms with Gasteiger partial charge >= 0.3 is 0 Å². The van der Waals surface area contributed by atoms with Crippen LogP contribution in [0.15, 0.2) is 60.7 Å². The average Bonchev–Trinajstić information content (AvgIpc) is 3.14. The monoisotopic (exact) mass is 336 g/mol. The van der Waals surface area contributed by atoms with Crippen molar-refractivity contribution >= 4 is 5.69 Å². The van der Waals surface area contributed by atoms with Crippen LogP contribution in [0.25, 0.3) is 0 Å². The number of anilines is 1. The van der Waals surface area contributed by atoms with E-state index in [1.165, 1.54) is 17.7 Å². The van der Waals surface area contributed by atoms with E-state index in [1.807, 2.05) is 6.07 Å². The van der Waals surface area contributed by atoms with Crippen molar-refractivity contribution in [2.75, 3.05) is 31.1 Å². The van der Waals surface area contributed by atoms with E-state index < -0.39 is 5.60 Å². The Bertz CT molecular complexity index is 665. The molecule has 2 heterocycles. The third-order valence-electron chi connectivity index (χ3n) is 5.91. The van der Waals surface area contributed by atoms with Gasteiger partial charge in [-0.3, -0.25) is 4.90 Å². The second-order valence-corrected chi connectivity index (χ2v) is 7.65. The number of hydrogen-bond acceptors (Lipinski definition) is 3. The summed E-state index contributed by atoms with van der Waals surface area (Å²) in [5.74, 6) is 0. The van der Waals surface area contributed by atoms with Gasteiger partial charge in [0.05, 0.1) is 5.60 Å². The van der Waals surface area contributed by atoms with Crippen LogP contribution in [0.1, 0.15) is 24.8 Å². The van der Waals surface area contributed by atoms with Crippen molar-refractivity contribution in [3.63, 3.8) is 0 Å². The van der Waals surface area contributed by atoms with Crippen LogP contribution in [-0.4, -0.2) is 47.8 Å². The van der Waals surface area contributed by atoms with E-state index in [4.69, 9.17) is 0 Å². The van der Waals surface area contributed by atoms with Crippen LogP contribution >= 0.6 is 0 Å². The Morgan fingerprint density at radius 2 is 1.52 bits per heavy atom. The van der Waals surface area contributed by atoms with Gasteiger partial charge < -0.3 is 10.0 Å². The van der Waals surface area contributed by atoms with E-state index >= 15 is 0 Å². The van der Waals surface area contributed by atoms with Gasteiger partial charge in [0.2, 0.25) is 0 Å². The highest BCUT2D eigenvalue weighted by atomic mass is 16.3. The highest BCUT2D eigenvalue weighted by molar-refractivity contribution is 5.47. The summed E-state index contributed by atoms with van der Waals surface area (Å²) >= 11 is 0. The fourth-order valence-corrected chi connectivity index (χ4v) is 4.37. The number of piperidine rings is 1. The van der Waals surface area contributed by atoms with Gasteiger partial charge in [0.25, 0.3) is 0 Å². The molecule has 0 spiro atoms. The second kappa shape index (κ2) is 7.19. The number of likely N-dealkylation sites (tertiary alicyclic amines) is 1. The average molecular weight is 336 g/mol. The molecule has 0 amide bonds. The minimum atomic E-state index is -0.532. The van der Waals surface area contributed by atoms with E-state index in [-0.39, 0.29) is 0 Å². The number of rotatable bonds is 4. The Morgan fingerprint density at radius 3 is 2.20 bits per heavy atom. The molecule has 132 valence electrons. The van der Waals surface area contributed by atoms with E-state index in [1.54, 1.807) is 0 Å². The first-order valence-corrected chi connectivity index (χ1v) is 9.52. The van der Waals surface area contributed by atoms with Crippen LogP contribution in [0.3, 0.4) is 0 Å². The quantitative estimate of drug-likeness (QED) is 0.928. The molecule has 2 fully saturated rings. The van der Waals surface area contributed by atoms with Gasteiger partial charge in [0.15, 0.2) is 0 Å². The molecule has 0 bridgehead atoms. The van der Waals surface area contributed by atoms with E-state index in [2.05, 4.69) is 64.4 Å². The molecule has 1 unspecified atom stereocenters. The SMILES string of the molecule is OC1(Cc2ccccc2)CCN(C2CCN(c3ccccc3)C2)CC1. The number of aliphatic hydroxyl groups is 1. The smallest absolute Gasteiger partial charge is 0.0712 e. The highest BCUT2D eigenvalue weighted by Crippen LogP contribution is 2.30. The van der Waals surface area contributed by atoms with Gasteiger partial charge in [0.1, 0.15) is 0 Å². The van der Waals surface area contributed by atoms with Crippen molar-refractivity contribution in [3.8, 4) is 0 Å². The molecule has 0 aromatic heterocycles. The van der Waals surface area contributed by atoms with E-state index in [9.17, 15) is 5.11 Å². The van der Waals surface area contributed by atoms with Crippen molar-refractivity contribution in [2.24, 2.45) is 0 Å². The molecule has 2 saturated heterocycles. The molecular formula is C22H28N2O. The van der Waals surface area contributed by atoms with Gasteiger partial charge in [-0.2, -0.15) is 0 Å². The lowest BCUT2D eigenvalue weighted by molar-refractivity contribution is -0.0284. The maximum atomic E-state index is 11.0. The number of para-hydroxylation sites is 1. The fraction of sp³-hybridized carbons (Fsp3) is 0.455. The predicted molar refractivity (Wildman–Crippen MR) is 103 cm³/mol. The highest BCUT2D eigenvalue weighted by Gasteiger charge is 2.36. The molecule has 3 nitrogen and oxygen atoms in total. The summed E-state index contributed by atoms with van der Waals surface area (Å²) in [6, 6.07) is 21.8. The second-order valence-electron chi connectivity index (χ2n) is 7.65. The standard InChI is InChI=1S/C22H28N2O/c25-22(17-19-7-3-1-4-8-19)12-15-23(16-13-22)21-11-14-24(18-21)20-9-5-2-6-10-20/h1-10,21,25H,11-18H2. The molecule has 0 saturated carbocycles. The summed E-state index contributed by atoms with van der Waals surface area (Å²) in [5, 5.41) is 11.0. The lowest BCUT2D eigenvalue weighted by Crippen LogP contribution is -2.49. The Hall–Kier alpha value is -1.84. The first-order valence-electron chi connectivity index (χ1n) is 9.52. The fourth-order valence-electron chi connectivity index (χ4n) is 4.37. The Morgan fingerprint density at radius 1 is 0.880 bits per heavy atom. The molecular weight excluding hydrogens is 308 g/mol. The van der Waals surface area contributed by atoms with Crippen LogP contribution in [0.2, 0.25) is 0 Å². The summed E-state index contributed by atoms with van der Waals surface area (Å²) in [4.78, 5) is 5.10. The normalized spacial score (nSPS) is 23.7. The van der Waals surface area contributed by atoms with Crippen LogP contribution in [-0.2, 0) is 6.42 Å². The summed E-state index contributed by atoms with van der Waals surface area (Å²) < 4.78 is 0. The zero-order valence-electron chi connectivity index (χ0n) is 14.8. The van der Waals surface area contributed by atoms with Crippen LogP contribution in [0.4, 0.5) is 5.69 Å². The number of benzene rings is 2. The molecule has 1 atom stereocenters. The van der Waals surface area contributed by atoms with Crippen LogP contribution in [0, 0.1) is 0 Å². The topological polar surface area (TPSA) is 26.7 Å². The predicted octanol–water partition coefficient (Wildman–Crippen LogP) is 3.33. The Labute approximate surface area is 150 Å². The zero-order chi connectivity index (χ0) is 17.1. The van der Waals surface area contributed by atoms with Crippen molar-refractivity contribution in [1.29, 1.82) is 0 Å². The lowest BCUT2D eigenvalue weighted by Gasteiger charge is -2.41. The van der Waals surface area contributed by atoms with Crippen molar-refractivity contribution in [2.45, 2.75) is 37.3 Å². The van der Waals surface area contributed by atoms with Crippen molar-refractivity contribution < 1.29 is 5.11 Å². The van der Waals surface area contributed by atoms with Crippen molar-refractivity contribution in [3.05, 3.63) is 66.2 Å². The van der Waals surface area contributed by atoms with Gasteiger partial charge in [-0.1, -0.05) is 48.5 Å². The molecule has 25 heavy (non-hydrogen) atoms. The first-order chi connectivity index (χ1) is 12.2. The van der Waals surface area contributed by atoms with E-state index in [0.717, 1.165) is 45.4 Å². The third-order valence-corrected chi connectivity index (χ3v) is 5.91. The maximum Gasteiger partial charge on any atom is 0.0712 e. The first kappa shape index (κ1) is 16.6. The van der Waals surface area contributed by atoms with Crippen molar-refractivity contribution in [1.82, 2.24) is 4.90 Å². The Kier molecular flexibility index (Phi) is 4.78. The summed E-state index contributed by atoms with van der Waals surface area (Å²) in [7, 11) is 0. The maximum absolute atomic E-state index is 11.0. The molecule has 0 aliphatic carbocycles. The molecule has 2 aromatic rings. The molecule has 1 N–H and O–H groups in total. The third kappa shape index (κ3) is 3.88. The largest absolute Gasteiger partial charge is 0.389 e. The minimum absolute atomic E-state index is 0.532. The van der Waals surface area contributed by atoms with Gasteiger partial charge in [0, 0.05) is 44.3 Å². The lowest BCUT2D eigenvalue weighted by atomic mass is 9.85. The zero-order valence-corrected chi connectivity index (χ0v) is 14.8. The van der Waals surface area contributed by atoms with Crippen LogP contribution < -0.4 is 4.90 Å². The minimum Gasteiger partial charge on any atom is -0.389 e. The number of hydrogen-bond donors (Lipinski definition) is 1. The molecule has 0 radical (unpaired) electrons. The van der Waals surface area contributed by atoms with Gasteiger partial charge in [-0.15, -0.1) is 0 Å². The summed E-state index contributed by atoms with van der Waals surface area (Å²) in [6.45, 7) is 4.27. The Balaban J connectivity index is 1.32. The molecule has 2 aliphatic rings. The number of nitrogens with zero attached hydrogens (tertiary/aromatic N) is 2. The summed E-state index contributed by atoms with van der Waals surface area (Å²) in [5.41, 5.74) is 2.05. The van der Waals surface area contributed by atoms with Crippen LogP contribution in [0.5, 0.6) is 0 Å². The molecule has 2 aliphatic heterocycles.